The topological polar surface area (TPSA) is 27.7 Å². The molecule has 0 N–H and O–H groups in total. The van der Waals surface area contributed by atoms with Gasteiger partial charge in [-0.15, -0.1) is 0 Å². The molecule has 0 saturated carbocycles. The molecule has 3 heteroatoms. The van der Waals surface area contributed by atoms with E-state index in [4.69, 9.17) is 14.2 Å². The molecule has 0 aliphatic carbocycles. The summed E-state index contributed by atoms with van der Waals surface area (Å²) in [7, 11) is 0. The van der Waals surface area contributed by atoms with Gasteiger partial charge in [-0.2, -0.15) is 0 Å². The van der Waals surface area contributed by atoms with Gasteiger partial charge in [0, 0.05) is 0 Å². The SMILES string of the molecule is CCC(c1ccc(OC(C)OCOc2ccccc2)cc1)C(C)(C)C. The van der Waals surface area contributed by atoms with Gasteiger partial charge in [-0.1, -0.05) is 58.0 Å². The smallest absolute Gasteiger partial charge is 0.200 e. The average molecular weight is 342 g/mol. The number of para-hydroxylation sites is 1. The van der Waals surface area contributed by atoms with E-state index in [0.29, 0.717) is 5.92 Å². The van der Waals surface area contributed by atoms with Crippen molar-refractivity contribution in [3.8, 4) is 11.5 Å². The molecule has 3 nitrogen and oxygen atoms in total. The van der Waals surface area contributed by atoms with Crippen LogP contribution in [-0.2, 0) is 4.74 Å². The molecule has 0 amide bonds. The average Bonchev–Trinajstić information content (AvgIpc) is 2.57. The monoisotopic (exact) mass is 342 g/mol. The van der Waals surface area contributed by atoms with E-state index in [2.05, 4.69) is 39.8 Å². The second-order valence-electron chi connectivity index (χ2n) is 7.32. The standard InChI is InChI=1S/C22H30O3/c1-6-21(22(3,4)5)18-12-14-20(15-13-18)25-17(2)23-16-24-19-10-8-7-9-11-19/h7-15,17,21H,6,16H2,1-5H3. The number of hydrogen-bond acceptors (Lipinski definition) is 3. The Labute approximate surface area is 151 Å². The Kier molecular flexibility index (Phi) is 6.89. The first-order valence-electron chi connectivity index (χ1n) is 8.96. The minimum Gasteiger partial charge on any atom is -0.467 e. The molecule has 2 atom stereocenters. The summed E-state index contributed by atoms with van der Waals surface area (Å²) in [4.78, 5) is 0. The predicted octanol–water partition coefficient (Wildman–Crippen LogP) is 6.00. The normalized spacial score (nSPS) is 14.0. The zero-order valence-corrected chi connectivity index (χ0v) is 16.0. The van der Waals surface area contributed by atoms with E-state index in [1.54, 1.807) is 0 Å². The van der Waals surface area contributed by atoms with Gasteiger partial charge in [-0.3, -0.25) is 0 Å². The molecule has 2 aromatic carbocycles. The van der Waals surface area contributed by atoms with Crippen molar-refractivity contribution in [2.24, 2.45) is 5.41 Å². The van der Waals surface area contributed by atoms with Crippen LogP contribution in [0.5, 0.6) is 11.5 Å². The fraction of sp³-hybridized carbons (Fsp3) is 0.455. The van der Waals surface area contributed by atoms with Gasteiger partial charge >= 0.3 is 0 Å². The number of ether oxygens (including phenoxy) is 3. The van der Waals surface area contributed by atoms with Gasteiger partial charge in [0.1, 0.15) is 11.5 Å². The molecule has 2 rings (SSSR count). The summed E-state index contributed by atoms with van der Waals surface area (Å²) in [6.07, 6.45) is 0.749. The van der Waals surface area contributed by atoms with Crippen LogP contribution in [0.25, 0.3) is 0 Å². The van der Waals surface area contributed by atoms with Crippen LogP contribution in [0.3, 0.4) is 0 Å². The van der Waals surface area contributed by atoms with Crippen LogP contribution in [0.1, 0.15) is 52.5 Å². The van der Waals surface area contributed by atoms with Crippen LogP contribution in [-0.4, -0.2) is 13.1 Å². The maximum absolute atomic E-state index is 5.80. The second kappa shape index (κ2) is 8.91. The first-order chi connectivity index (χ1) is 11.9. The Morgan fingerprint density at radius 3 is 2.08 bits per heavy atom. The number of hydrogen-bond donors (Lipinski definition) is 0. The zero-order valence-electron chi connectivity index (χ0n) is 16.0. The van der Waals surface area contributed by atoms with Crippen LogP contribution in [0, 0.1) is 5.41 Å². The summed E-state index contributed by atoms with van der Waals surface area (Å²) in [6, 6.07) is 17.9. The van der Waals surface area contributed by atoms with E-state index in [9.17, 15) is 0 Å². The molecule has 0 fully saturated rings. The maximum atomic E-state index is 5.80. The highest BCUT2D eigenvalue weighted by molar-refractivity contribution is 5.30. The van der Waals surface area contributed by atoms with Gasteiger partial charge in [0.25, 0.3) is 0 Å². The van der Waals surface area contributed by atoms with Crippen molar-refractivity contribution < 1.29 is 14.2 Å². The van der Waals surface area contributed by atoms with E-state index in [0.717, 1.165) is 17.9 Å². The lowest BCUT2D eigenvalue weighted by Crippen LogP contribution is -2.20. The van der Waals surface area contributed by atoms with Crippen molar-refractivity contribution >= 4 is 0 Å². The summed E-state index contributed by atoms with van der Waals surface area (Å²) in [5, 5.41) is 0. The summed E-state index contributed by atoms with van der Waals surface area (Å²) in [5.74, 6) is 2.13. The first kappa shape index (κ1) is 19.3. The third-order valence-corrected chi connectivity index (χ3v) is 4.31. The first-order valence-corrected chi connectivity index (χ1v) is 8.96. The minimum atomic E-state index is -0.376. The molecule has 0 radical (unpaired) electrons. The van der Waals surface area contributed by atoms with Crippen molar-refractivity contribution in [2.75, 3.05) is 6.79 Å². The van der Waals surface area contributed by atoms with Crippen LogP contribution in [0.15, 0.2) is 54.6 Å². The Morgan fingerprint density at radius 2 is 1.52 bits per heavy atom. The molecule has 2 unspecified atom stereocenters. The summed E-state index contributed by atoms with van der Waals surface area (Å²) < 4.78 is 16.9. The quantitative estimate of drug-likeness (QED) is 0.550. The molecule has 0 aliphatic rings. The molecule has 0 aromatic heterocycles. The summed E-state index contributed by atoms with van der Waals surface area (Å²) >= 11 is 0. The van der Waals surface area contributed by atoms with Gasteiger partial charge in [0.15, 0.2) is 6.79 Å². The predicted molar refractivity (Wildman–Crippen MR) is 102 cm³/mol. The Bertz CT molecular complexity index is 614. The molecule has 25 heavy (non-hydrogen) atoms. The third kappa shape index (κ3) is 6.09. The largest absolute Gasteiger partial charge is 0.467 e. The molecule has 0 heterocycles. The lowest BCUT2D eigenvalue weighted by Gasteiger charge is -2.30. The molecule has 0 spiro atoms. The highest BCUT2D eigenvalue weighted by atomic mass is 16.7. The van der Waals surface area contributed by atoms with Crippen molar-refractivity contribution in [3.05, 3.63) is 60.2 Å². The summed E-state index contributed by atoms with van der Waals surface area (Å²) in [5.41, 5.74) is 1.60. The highest BCUT2D eigenvalue weighted by Gasteiger charge is 2.24. The van der Waals surface area contributed by atoms with Crippen LogP contribution in [0.2, 0.25) is 0 Å². The van der Waals surface area contributed by atoms with Crippen LogP contribution >= 0.6 is 0 Å². The van der Waals surface area contributed by atoms with Gasteiger partial charge in [-0.05, 0) is 54.5 Å². The van der Waals surface area contributed by atoms with Gasteiger partial charge in [-0.25, -0.2) is 0 Å². The van der Waals surface area contributed by atoms with Crippen LogP contribution < -0.4 is 9.47 Å². The molecule has 0 bridgehead atoms. The molecular weight excluding hydrogens is 312 g/mol. The second-order valence-corrected chi connectivity index (χ2v) is 7.32. The number of benzene rings is 2. The highest BCUT2D eigenvalue weighted by Crippen LogP contribution is 2.37. The lowest BCUT2D eigenvalue weighted by atomic mass is 9.75. The third-order valence-electron chi connectivity index (χ3n) is 4.31. The minimum absolute atomic E-state index is 0.158. The van der Waals surface area contributed by atoms with Crippen LogP contribution in [0.4, 0.5) is 0 Å². The van der Waals surface area contributed by atoms with E-state index >= 15 is 0 Å². The Balaban J connectivity index is 1.83. The Hall–Kier alpha value is -2.00. The molecule has 2 aromatic rings. The fourth-order valence-electron chi connectivity index (χ4n) is 3.07. The van der Waals surface area contributed by atoms with Crippen molar-refractivity contribution in [2.45, 2.75) is 53.2 Å². The van der Waals surface area contributed by atoms with Crippen molar-refractivity contribution in [3.63, 3.8) is 0 Å². The van der Waals surface area contributed by atoms with Gasteiger partial charge in [0.2, 0.25) is 6.29 Å². The van der Waals surface area contributed by atoms with Gasteiger partial charge < -0.3 is 14.2 Å². The van der Waals surface area contributed by atoms with Gasteiger partial charge in [0.05, 0.1) is 0 Å². The lowest BCUT2D eigenvalue weighted by molar-refractivity contribution is -0.116. The van der Waals surface area contributed by atoms with E-state index in [1.165, 1.54) is 5.56 Å². The zero-order chi connectivity index (χ0) is 18.3. The van der Waals surface area contributed by atoms with E-state index in [-0.39, 0.29) is 18.5 Å². The summed E-state index contributed by atoms with van der Waals surface area (Å²) in [6.45, 7) is 11.1. The Morgan fingerprint density at radius 1 is 0.880 bits per heavy atom. The molecular formula is C22H30O3. The fourth-order valence-corrected chi connectivity index (χ4v) is 3.07. The van der Waals surface area contributed by atoms with Crippen molar-refractivity contribution in [1.82, 2.24) is 0 Å². The van der Waals surface area contributed by atoms with Crippen molar-refractivity contribution in [1.29, 1.82) is 0 Å². The molecule has 136 valence electrons. The maximum Gasteiger partial charge on any atom is 0.200 e. The van der Waals surface area contributed by atoms with E-state index < -0.39 is 0 Å². The molecule has 0 saturated heterocycles. The van der Waals surface area contributed by atoms with E-state index in [1.807, 2.05) is 49.4 Å². The molecule has 0 aliphatic heterocycles. The number of rotatable bonds is 8.